The zero-order valence-corrected chi connectivity index (χ0v) is 13.3. The van der Waals surface area contributed by atoms with Crippen LogP contribution in [0.5, 0.6) is 0 Å². The molecule has 6 nitrogen and oxygen atoms in total. The number of ether oxygens (including phenoxy) is 4. The Hall–Kier alpha value is -0.240. The molecule has 0 saturated heterocycles. The fourth-order valence-electron chi connectivity index (χ4n) is 1.28. The molecule has 0 aromatic heterocycles. The Morgan fingerprint density at radius 1 is 0.650 bits per heavy atom. The largest absolute Gasteiger partial charge is 0.394 e. The summed E-state index contributed by atoms with van der Waals surface area (Å²) in [4.78, 5) is 0. The minimum absolute atomic E-state index is 0.0356. The van der Waals surface area contributed by atoms with E-state index in [9.17, 15) is 0 Å². The Morgan fingerprint density at radius 3 is 1.20 bits per heavy atom. The second-order valence-electron chi connectivity index (χ2n) is 3.84. The fourth-order valence-corrected chi connectivity index (χ4v) is 1.28. The predicted molar refractivity (Wildman–Crippen MR) is 78.0 cm³/mol. The summed E-state index contributed by atoms with van der Waals surface area (Å²) < 4.78 is 20.3. The third kappa shape index (κ3) is 15.8. The van der Waals surface area contributed by atoms with E-state index in [4.69, 9.17) is 29.2 Å². The van der Waals surface area contributed by atoms with Crippen LogP contribution in [-0.2, 0) is 18.9 Å². The summed E-state index contributed by atoms with van der Waals surface area (Å²) in [6, 6.07) is 0. The molecule has 0 heterocycles. The van der Waals surface area contributed by atoms with Crippen molar-refractivity contribution in [2.45, 2.75) is 39.9 Å². The van der Waals surface area contributed by atoms with Gasteiger partial charge in [-0.1, -0.05) is 0 Å². The predicted octanol–water partition coefficient (Wildman–Crippen LogP) is 0.841. The van der Waals surface area contributed by atoms with Gasteiger partial charge < -0.3 is 29.2 Å². The van der Waals surface area contributed by atoms with Crippen LogP contribution in [0.3, 0.4) is 0 Å². The Morgan fingerprint density at radius 2 is 1.00 bits per heavy atom. The molecule has 2 N–H and O–H groups in total. The van der Waals surface area contributed by atoms with Crippen LogP contribution in [0.1, 0.15) is 27.7 Å². The van der Waals surface area contributed by atoms with Gasteiger partial charge in [-0.3, -0.25) is 0 Å². The zero-order valence-electron chi connectivity index (χ0n) is 13.3. The van der Waals surface area contributed by atoms with Crippen molar-refractivity contribution < 1.29 is 29.2 Å². The van der Waals surface area contributed by atoms with Gasteiger partial charge in [-0.2, -0.15) is 0 Å². The first-order chi connectivity index (χ1) is 9.69. The number of aliphatic hydroxyl groups excluding tert-OH is 2. The molecule has 124 valence electrons. The van der Waals surface area contributed by atoms with Gasteiger partial charge in [0.1, 0.15) is 12.2 Å². The van der Waals surface area contributed by atoms with Crippen molar-refractivity contribution in [2.24, 2.45) is 0 Å². The van der Waals surface area contributed by atoms with Crippen LogP contribution in [0.2, 0.25) is 0 Å². The standard InChI is InChI=1S/2C7H16O3/c2*1-3-9-6-7(5-8)10-4-2/h2*7-8H,3-6H2,1-2H3. The van der Waals surface area contributed by atoms with Crippen LogP contribution in [-0.4, -0.2) is 75.3 Å². The summed E-state index contributed by atoms with van der Waals surface area (Å²) in [5, 5.41) is 17.4. The van der Waals surface area contributed by atoms with E-state index < -0.39 is 0 Å². The normalized spacial score (nSPS) is 13.5. The van der Waals surface area contributed by atoms with Crippen molar-refractivity contribution in [1.29, 1.82) is 0 Å². The van der Waals surface area contributed by atoms with Crippen molar-refractivity contribution in [2.75, 3.05) is 52.9 Å². The van der Waals surface area contributed by atoms with Crippen molar-refractivity contribution in [3.63, 3.8) is 0 Å². The summed E-state index contributed by atoms with van der Waals surface area (Å²) in [6.07, 6.45) is -0.296. The molecule has 0 aliphatic heterocycles. The third-order valence-electron chi connectivity index (χ3n) is 2.23. The minimum atomic E-state index is -0.148. The summed E-state index contributed by atoms with van der Waals surface area (Å²) >= 11 is 0. The minimum Gasteiger partial charge on any atom is -0.394 e. The quantitative estimate of drug-likeness (QED) is 0.556. The van der Waals surface area contributed by atoms with Gasteiger partial charge in [0.2, 0.25) is 0 Å². The maximum Gasteiger partial charge on any atom is 0.104 e. The topological polar surface area (TPSA) is 77.4 Å². The molecule has 0 radical (unpaired) electrons. The fraction of sp³-hybridized carbons (Fsp3) is 1.00. The second-order valence-corrected chi connectivity index (χ2v) is 3.84. The maximum absolute atomic E-state index is 8.68. The van der Waals surface area contributed by atoms with Gasteiger partial charge in [-0.15, -0.1) is 0 Å². The molecular weight excluding hydrogens is 264 g/mol. The number of hydrogen-bond donors (Lipinski definition) is 2. The molecule has 20 heavy (non-hydrogen) atoms. The van der Waals surface area contributed by atoms with E-state index in [0.717, 1.165) is 0 Å². The molecule has 0 saturated carbocycles. The van der Waals surface area contributed by atoms with E-state index in [-0.39, 0.29) is 25.4 Å². The van der Waals surface area contributed by atoms with Crippen LogP contribution in [0, 0.1) is 0 Å². The zero-order chi connectivity index (χ0) is 15.6. The summed E-state index contributed by atoms with van der Waals surface area (Å²) in [6.45, 7) is 11.3. The average molecular weight is 296 g/mol. The van der Waals surface area contributed by atoms with E-state index in [1.807, 2.05) is 27.7 Å². The van der Waals surface area contributed by atoms with E-state index in [1.165, 1.54) is 0 Å². The lowest BCUT2D eigenvalue weighted by molar-refractivity contribution is -0.0353. The van der Waals surface area contributed by atoms with E-state index in [0.29, 0.717) is 39.6 Å². The number of aliphatic hydroxyl groups is 2. The van der Waals surface area contributed by atoms with Gasteiger partial charge in [-0.25, -0.2) is 0 Å². The number of rotatable bonds is 12. The molecule has 6 heteroatoms. The lowest BCUT2D eigenvalue weighted by Gasteiger charge is -2.12. The summed E-state index contributed by atoms with van der Waals surface area (Å²) in [5.74, 6) is 0. The third-order valence-corrected chi connectivity index (χ3v) is 2.23. The summed E-state index contributed by atoms with van der Waals surface area (Å²) in [5.41, 5.74) is 0. The molecule has 2 unspecified atom stereocenters. The Kier molecular flexibility index (Phi) is 20.7. The van der Waals surface area contributed by atoms with Gasteiger partial charge in [0, 0.05) is 26.4 Å². The SMILES string of the molecule is CCOCC(CO)OCC.CCOCC(CO)OCC. The number of hydrogen-bond acceptors (Lipinski definition) is 6. The first-order valence-electron chi connectivity index (χ1n) is 7.30. The molecule has 2 atom stereocenters. The molecule has 0 spiro atoms. The molecule has 0 aromatic rings. The van der Waals surface area contributed by atoms with Crippen molar-refractivity contribution in [3.05, 3.63) is 0 Å². The first-order valence-corrected chi connectivity index (χ1v) is 7.30. The van der Waals surface area contributed by atoms with E-state index in [1.54, 1.807) is 0 Å². The molecule has 0 aliphatic carbocycles. The molecule has 0 bridgehead atoms. The molecule has 0 rings (SSSR count). The highest BCUT2D eigenvalue weighted by Crippen LogP contribution is 1.92. The monoisotopic (exact) mass is 296 g/mol. The van der Waals surface area contributed by atoms with Crippen LogP contribution >= 0.6 is 0 Å². The Labute approximate surface area is 123 Å². The lowest BCUT2D eigenvalue weighted by atomic mass is 10.4. The van der Waals surface area contributed by atoms with Gasteiger partial charge in [0.05, 0.1) is 26.4 Å². The molecular formula is C14H32O6. The Bertz CT molecular complexity index is 150. The molecule has 0 amide bonds. The van der Waals surface area contributed by atoms with Crippen LogP contribution < -0.4 is 0 Å². The second kappa shape index (κ2) is 18.8. The van der Waals surface area contributed by atoms with Crippen LogP contribution in [0.15, 0.2) is 0 Å². The van der Waals surface area contributed by atoms with Crippen molar-refractivity contribution in [3.8, 4) is 0 Å². The van der Waals surface area contributed by atoms with Crippen molar-refractivity contribution in [1.82, 2.24) is 0 Å². The summed E-state index contributed by atoms with van der Waals surface area (Å²) in [7, 11) is 0. The smallest absolute Gasteiger partial charge is 0.104 e. The maximum atomic E-state index is 8.68. The highest BCUT2D eigenvalue weighted by Gasteiger charge is 2.05. The van der Waals surface area contributed by atoms with Gasteiger partial charge in [-0.05, 0) is 27.7 Å². The van der Waals surface area contributed by atoms with E-state index >= 15 is 0 Å². The Balaban J connectivity index is 0. The van der Waals surface area contributed by atoms with Crippen LogP contribution in [0.4, 0.5) is 0 Å². The van der Waals surface area contributed by atoms with Gasteiger partial charge in [0.15, 0.2) is 0 Å². The highest BCUT2D eigenvalue weighted by molar-refractivity contribution is 4.52. The van der Waals surface area contributed by atoms with Crippen molar-refractivity contribution >= 4 is 0 Å². The average Bonchev–Trinajstić information content (AvgIpc) is 2.48. The molecule has 0 aromatic carbocycles. The lowest BCUT2D eigenvalue weighted by Crippen LogP contribution is -2.23. The van der Waals surface area contributed by atoms with Crippen LogP contribution in [0.25, 0.3) is 0 Å². The van der Waals surface area contributed by atoms with Gasteiger partial charge in [0.25, 0.3) is 0 Å². The molecule has 0 aliphatic rings. The van der Waals surface area contributed by atoms with Gasteiger partial charge >= 0.3 is 0 Å². The molecule has 0 fully saturated rings. The highest BCUT2D eigenvalue weighted by atomic mass is 16.5. The van der Waals surface area contributed by atoms with E-state index in [2.05, 4.69) is 0 Å². The first kappa shape index (κ1) is 22.0.